The minimum Gasteiger partial charge on any atom is -0.357 e. The standard InChI is InChI=1S/C19H28FN5O2S.HI/c1-4-21-19(22-8-5-9-25-13-15(2)11-24-25)23-12-17-10-18(20)7-6-16(17)14-28(3,26)27;/h6-7,10-11,13H,4-5,8-9,12,14H2,1-3H3,(H2,21,22,23);1H. The highest BCUT2D eigenvalue weighted by molar-refractivity contribution is 14.0. The van der Waals surface area contributed by atoms with E-state index in [-0.39, 0.29) is 36.3 Å². The molecule has 2 aromatic rings. The molecular formula is C19H29FIN5O2S. The van der Waals surface area contributed by atoms with Crippen molar-refractivity contribution >= 4 is 39.8 Å². The molecule has 0 radical (unpaired) electrons. The van der Waals surface area contributed by atoms with Crippen molar-refractivity contribution in [3.63, 3.8) is 0 Å². The molecular weight excluding hydrogens is 508 g/mol. The summed E-state index contributed by atoms with van der Waals surface area (Å²) in [5.41, 5.74) is 2.26. The third-order valence-electron chi connectivity index (χ3n) is 3.96. The van der Waals surface area contributed by atoms with E-state index in [4.69, 9.17) is 0 Å². The summed E-state index contributed by atoms with van der Waals surface area (Å²) in [4.78, 5) is 4.47. The lowest BCUT2D eigenvalue weighted by molar-refractivity contribution is 0.570. The van der Waals surface area contributed by atoms with Gasteiger partial charge in [0.2, 0.25) is 0 Å². The van der Waals surface area contributed by atoms with Crippen molar-refractivity contribution in [2.45, 2.75) is 39.1 Å². The minimum atomic E-state index is -3.21. The lowest BCUT2D eigenvalue weighted by Gasteiger charge is -2.12. The molecule has 0 unspecified atom stereocenters. The second kappa shape index (κ2) is 12.1. The molecule has 1 aromatic heterocycles. The Kier molecular flexibility index (Phi) is 10.6. The fraction of sp³-hybridized carbons (Fsp3) is 0.474. The maximum Gasteiger partial charge on any atom is 0.191 e. The van der Waals surface area contributed by atoms with Crippen LogP contribution in [0.4, 0.5) is 4.39 Å². The molecule has 10 heteroatoms. The highest BCUT2D eigenvalue weighted by Crippen LogP contribution is 2.15. The fourth-order valence-electron chi connectivity index (χ4n) is 2.71. The lowest BCUT2D eigenvalue weighted by atomic mass is 10.1. The van der Waals surface area contributed by atoms with Crippen LogP contribution in [0.1, 0.15) is 30.0 Å². The van der Waals surface area contributed by atoms with Crippen molar-refractivity contribution in [2.24, 2.45) is 4.99 Å². The highest BCUT2D eigenvalue weighted by Gasteiger charge is 2.10. The molecule has 29 heavy (non-hydrogen) atoms. The third kappa shape index (κ3) is 9.57. The average molecular weight is 537 g/mol. The number of hydrogen-bond donors (Lipinski definition) is 2. The Hall–Kier alpha value is -1.69. The van der Waals surface area contributed by atoms with Crippen LogP contribution in [-0.2, 0) is 28.7 Å². The summed E-state index contributed by atoms with van der Waals surface area (Å²) in [6.07, 6.45) is 5.85. The Bertz CT molecular complexity index is 915. The summed E-state index contributed by atoms with van der Waals surface area (Å²) < 4.78 is 38.7. The molecule has 1 heterocycles. The van der Waals surface area contributed by atoms with E-state index in [1.165, 1.54) is 18.2 Å². The largest absolute Gasteiger partial charge is 0.357 e. The first kappa shape index (κ1) is 25.3. The predicted octanol–water partition coefficient (Wildman–Crippen LogP) is 2.64. The molecule has 2 rings (SSSR count). The van der Waals surface area contributed by atoms with Crippen LogP contribution in [-0.4, -0.2) is 43.5 Å². The van der Waals surface area contributed by atoms with E-state index in [1.807, 2.05) is 30.9 Å². The Labute approximate surface area is 189 Å². The van der Waals surface area contributed by atoms with E-state index in [9.17, 15) is 12.8 Å². The number of aryl methyl sites for hydroxylation is 2. The third-order valence-corrected chi connectivity index (χ3v) is 4.79. The molecule has 1 aromatic carbocycles. The quantitative estimate of drug-likeness (QED) is 0.222. The second-order valence-corrected chi connectivity index (χ2v) is 8.88. The maximum atomic E-state index is 13.6. The van der Waals surface area contributed by atoms with Crippen molar-refractivity contribution in [2.75, 3.05) is 19.3 Å². The fourth-order valence-corrected chi connectivity index (χ4v) is 3.55. The molecule has 0 fully saturated rings. The topological polar surface area (TPSA) is 88.4 Å². The SMILES string of the molecule is CCNC(=NCc1cc(F)ccc1CS(C)(=O)=O)NCCCn1cc(C)cn1.I. The van der Waals surface area contributed by atoms with Gasteiger partial charge in [-0.05, 0) is 49.1 Å². The van der Waals surface area contributed by atoms with E-state index in [1.54, 1.807) is 0 Å². The van der Waals surface area contributed by atoms with Gasteiger partial charge in [-0.2, -0.15) is 5.10 Å². The molecule has 0 saturated heterocycles. The Balaban J connectivity index is 0.00000420. The smallest absolute Gasteiger partial charge is 0.191 e. The monoisotopic (exact) mass is 537 g/mol. The number of benzene rings is 1. The van der Waals surface area contributed by atoms with Gasteiger partial charge in [-0.1, -0.05) is 6.07 Å². The van der Waals surface area contributed by atoms with E-state index in [0.29, 0.717) is 30.2 Å². The van der Waals surface area contributed by atoms with Gasteiger partial charge in [-0.3, -0.25) is 4.68 Å². The van der Waals surface area contributed by atoms with Gasteiger partial charge < -0.3 is 10.6 Å². The van der Waals surface area contributed by atoms with Crippen LogP contribution < -0.4 is 10.6 Å². The molecule has 0 aliphatic rings. The molecule has 162 valence electrons. The zero-order chi connectivity index (χ0) is 20.6. The molecule has 0 atom stereocenters. The van der Waals surface area contributed by atoms with Crippen LogP contribution in [0.5, 0.6) is 0 Å². The first-order chi connectivity index (χ1) is 13.3. The molecule has 0 spiro atoms. The van der Waals surface area contributed by atoms with Gasteiger partial charge in [0.25, 0.3) is 0 Å². The number of aromatic nitrogens is 2. The zero-order valence-electron chi connectivity index (χ0n) is 17.0. The number of rotatable bonds is 9. The summed E-state index contributed by atoms with van der Waals surface area (Å²) >= 11 is 0. The number of nitrogens with one attached hydrogen (secondary N) is 2. The van der Waals surface area contributed by atoms with E-state index >= 15 is 0 Å². The summed E-state index contributed by atoms with van der Waals surface area (Å²) in [5, 5.41) is 10.6. The summed E-state index contributed by atoms with van der Waals surface area (Å²) in [7, 11) is -3.21. The van der Waals surface area contributed by atoms with Crippen molar-refractivity contribution in [3.05, 3.63) is 53.1 Å². The Morgan fingerprint density at radius 2 is 2.03 bits per heavy atom. The van der Waals surface area contributed by atoms with Crippen LogP contribution >= 0.6 is 24.0 Å². The van der Waals surface area contributed by atoms with Gasteiger partial charge in [0.05, 0.1) is 18.5 Å². The number of halogens is 2. The van der Waals surface area contributed by atoms with Gasteiger partial charge >= 0.3 is 0 Å². The number of sulfone groups is 1. The van der Waals surface area contributed by atoms with Crippen LogP contribution in [0, 0.1) is 12.7 Å². The molecule has 2 N–H and O–H groups in total. The molecule has 0 saturated carbocycles. The van der Waals surface area contributed by atoms with Crippen LogP contribution in [0.15, 0.2) is 35.6 Å². The van der Waals surface area contributed by atoms with Crippen molar-refractivity contribution in [3.8, 4) is 0 Å². The number of guanidine groups is 1. The average Bonchev–Trinajstić information content (AvgIpc) is 3.02. The molecule has 0 amide bonds. The van der Waals surface area contributed by atoms with Crippen LogP contribution in [0.2, 0.25) is 0 Å². The Morgan fingerprint density at radius 1 is 1.28 bits per heavy atom. The van der Waals surface area contributed by atoms with Gasteiger partial charge in [0, 0.05) is 32.1 Å². The molecule has 7 nitrogen and oxygen atoms in total. The van der Waals surface area contributed by atoms with Gasteiger partial charge in [0.15, 0.2) is 15.8 Å². The van der Waals surface area contributed by atoms with Gasteiger partial charge in [-0.25, -0.2) is 17.8 Å². The van der Waals surface area contributed by atoms with Gasteiger partial charge in [-0.15, -0.1) is 24.0 Å². The van der Waals surface area contributed by atoms with Crippen molar-refractivity contribution in [1.29, 1.82) is 0 Å². The van der Waals surface area contributed by atoms with Crippen molar-refractivity contribution in [1.82, 2.24) is 20.4 Å². The Morgan fingerprint density at radius 3 is 2.66 bits per heavy atom. The van der Waals surface area contributed by atoms with Crippen LogP contribution in [0.3, 0.4) is 0 Å². The zero-order valence-corrected chi connectivity index (χ0v) is 20.1. The maximum absolute atomic E-state index is 13.6. The predicted molar refractivity (Wildman–Crippen MR) is 125 cm³/mol. The molecule has 0 bridgehead atoms. The first-order valence-electron chi connectivity index (χ1n) is 9.23. The van der Waals surface area contributed by atoms with E-state index in [0.717, 1.165) is 24.8 Å². The number of nitrogens with zero attached hydrogens (tertiary/aromatic N) is 3. The van der Waals surface area contributed by atoms with E-state index in [2.05, 4.69) is 20.7 Å². The minimum absolute atomic E-state index is 0. The molecule has 0 aliphatic heterocycles. The normalized spacial score (nSPS) is 11.8. The van der Waals surface area contributed by atoms with E-state index < -0.39 is 15.7 Å². The molecule has 0 aliphatic carbocycles. The summed E-state index contributed by atoms with van der Waals surface area (Å²) in [6.45, 7) is 6.33. The van der Waals surface area contributed by atoms with Gasteiger partial charge in [0.1, 0.15) is 5.82 Å². The number of aliphatic imine (C=N–C) groups is 1. The van der Waals surface area contributed by atoms with Crippen molar-refractivity contribution < 1.29 is 12.8 Å². The summed E-state index contributed by atoms with van der Waals surface area (Å²) in [6, 6.07) is 4.12. The second-order valence-electron chi connectivity index (χ2n) is 6.74. The highest BCUT2D eigenvalue weighted by atomic mass is 127. The lowest BCUT2D eigenvalue weighted by Crippen LogP contribution is -2.38. The number of hydrogen-bond acceptors (Lipinski definition) is 4. The summed E-state index contributed by atoms with van der Waals surface area (Å²) in [5.74, 6) is 0.0643. The van der Waals surface area contributed by atoms with Crippen LogP contribution in [0.25, 0.3) is 0 Å². The first-order valence-corrected chi connectivity index (χ1v) is 11.3.